The number of benzene rings is 1. The normalized spacial score (nSPS) is 21.1. The van der Waals surface area contributed by atoms with Gasteiger partial charge in [-0.15, -0.1) is 0 Å². The average Bonchev–Trinajstić information content (AvgIpc) is 2.48. The minimum absolute atomic E-state index is 0.0180. The Morgan fingerprint density at radius 2 is 2.00 bits per heavy atom. The number of carbonyl (C=O) groups excluding carboxylic acids is 1. The second kappa shape index (κ2) is 3.29. The molecular formula is C12H13NO. The van der Waals surface area contributed by atoms with Crippen molar-refractivity contribution in [2.45, 2.75) is 19.4 Å². The molecule has 1 aliphatic rings. The molecule has 0 saturated carbocycles. The maximum atomic E-state index is 11.2. The molecule has 0 bridgehead atoms. The van der Waals surface area contributed by atoms with Crippen LogP contribution in [-0.4, -0.2) is 5.91 Å². The fourth-order valence-corrected chi connectivity index (χ4v) is 1.65. The van der Waals surface area contributed by atoms with Crippen LogP contribution in [-0.2, 0) is 4.79 Å². The monoisotopic (exact) mass is 187 g/mol. The smallest absolute Gasteiger partial charge is 0.247 e. The number of nitrogens with one attached hydrogen (secondary N) is 1. The zero-order valence-corrected chi connectivity index (χ0v) is 8.21. The molecule has 1 saturated heterocycles. The quantitative estimate of drug-likeness (QED) is 0.670. The Hall–Kier alpha value is -1.57. The van der Waals surface area contributed by atoms with Gasteiger partial charge in [-0.25, -0.2) is 0 Å². The minimum Gasteiger partial charge on any atom is -0.345 e. The number of hydrogen-bond donors (Lipinski definition) is 1. The summed E-state index contributed by atoms with van der Waals surface area (Å²) in [6.45, 7) is 5.77. The molecule has 2 heteroatoms. The van der Waals surface area contributed by atoms with Crippen LogP contribution in [0.4, 0.5) is 0 Å². The van der Waals surface area contributed by atoms with Crippen molar-refractivity contribution in [3.05, 3.63) is 47.5 Å². The topological polar surface area (TPSA) is 29.1 Å². The molecule has 1 fully saturated rings. The van der Waals surface area contributed by atoms with E-state index in [1.807, 2.05) is 0 Å². The number of amides is 1. The maximum Gasteiger partial charge on any atom is 0.247 e. The van der Waals surface area contributed by atoms with Crippen LogP contribution in [0.5, 0.6) is 0 Å². The van der Waals surface area contributed by atoms with Gasteiger partial charge in [0.1, 0.15) is 0 Å². The van der Waals surface area contributed by atoms with Gasteiger partial charge in [-0.1, -0.05) is 36.4 Å². The van der Waals surface area contributed by atoms with Crippen LogP contribution >= 0.6 is 0 Å². The summed E-state index contributed by atoms with van der Waals surface area (Å²) in [5, 5.41) is 2.90. The van der Waals surface area contributed by atoms with Crippen molar-refractivity contribution < 1.29 is 4.79 Å². The fraction of sp³-hybridized carbons (Fsp3) is 0.250. The Morgan fingerprint density at radius 3 is 2.50 bits per heavy atom. The van der Waals surface area contributed by atoms with E-state index in [0.29, 0.717) is 5.57 Å². The lowest BCUT2D eigenvalue weighted by Crippen LogP contribution is -2.18. The van der Waals surface area contributed by atoms with Crippen molar-refractivity contribution >= 4 is 5.91 Å². The summed E-state index contributed by atoms with van der Waals surface area (Å²) in [5.74, 6) is -0.0180. The van der Waals surface area contributed by atoms with E-state index in [4.69, 9.17) is 0 Å². The molecule has 1 aromatic rings. The molecule has 1 amide bonds. The molecule has 2 rings (SSSR count). The SMILES string of the molecule is C=C1CC(c2ccc(C)cc2)NC1=O. The largest absolute Gasteiger partial charge is 0.345 e. The van der Waals surface area contributed by atoms with Gasteiger partial charge in [-0.05, 0) is 12.5 Å². The Labute approximate surface area is 83.6 Å². The Kier molecular flexibility index (Phi) is 2.12. The molecule has 1 aromatic carbocycles. The third-order valence-corrected chi connectivity index (χ3v) is 2.56. The molecule has 2 nitrogen and oxygen atoms in total. The number of hydrogen-bond acceptors (Lipinski definition) is 1. The minimum atomic E-state index is -0.0180. The first-order chi connectivity index (χ1) is 6.66. The average molecular weight is 187 g/mol. The summed E-state index contributed by atoms with van der Waals surface area (Å²) in [4.78, 5) is 11.2. The van der Waals surface area contributed by atoms with Crippen LogP contribution in [0.2, 0.25) is 0 Å². The van der Waals surface area contributed by atoms with Crippen LogP contribution in [0.3, 0.4) is 0 Å². The molecule has 72 valence electrons. The van der Waals surface area contributed by atoms with Crippen LogP contribution in [0.15, 0.2) is 36.4 Å². The Bertz CT molecular complexity index is 362. The summed E-state index contributed by atoms with van der Waals surface area (Å²) in [6.07, 6.45) is 0.724. The van der Waals surface area contributed by atoms with Gasteiger partial charge in [0.15, 0.2) is 0 Å². The molecule has 1 atom stereocenters. The Morgan fingerprint density at radius 1 is 1.36 bits per heavy atom. The lowest BCUT2D eigenvalue weighted by Gasteiger charge is -2.09. The van der Waals surface area contributed by atoms with Gasteiger partial charge in [-0.2, -0.15) is 0 Å². The van der Waals surface area contributed by atoms with Gasteiger partial charge in [0, 0.05) is 12.0 Å². The van der Waals surface area contributed by atoms with Crippen molar-refractivity contribution in [1.29, 1.82) is 0 Å². The first kappa shape index (κ1) is 9.00. The van der Waals surface area contributed by atoms with Crippen LogP contribution < -0.4 is 5.32 Å². The second-order valence-electron chi connectivity index (χ2n) is 3.74. The summed E-state index contributed by atoms with van der Waals surface area (Å²) >= 11 is 0. The van der Waals surface area contributed by atoms with E-state index in [9.17, 15) is 4.79 Å². The maximum absolute atomic E-state index is 11.2. The lowest BCUT2D eigenvalue weighted by molar-refractivity contribution is -0.116. The first-order valence-corrected chi connectivity index (χ1v) is 4.72. The molecule has 0 radical (unpaired) electrons. The van der Waals surface area contributed by atoms with Crippen molar-refractivity contribution in [2.24, 2.45) is 0 Å². The number of carbonyl (C=O) groups is 1. The highest BCUT2D eigenvalue weighted by Crippen LogP contribution is 2.26. The highest BCUT2D eigenvalue weighted by Gasteiger charge is 2.25. The van der Waals surface area contributed by atoms with E-state index in [1.54, 1.807) is 0 Å². The fourth-order valence-electron chi connectivity index (χ4n) is 1.65. The van der Waals surface area contributed by atoms with Gasteiger partial charge in [0.2, 0.25) is 5.91 Å². The lowest BCUT2D eigenvalue weighted by atomic mass is 10.0. The molecule has 14 heavy (non-hydrogen) atoms. The van der Waals surface area contributed by atoms with Gasteiger partial charge >= 0.3 is 0 Å². The summed E-state index contributed by atoms with van der Waals surface area (Å²) < 4.78 is 0. The molecule has 1 aliphatic heterocycles. The number of rotatable bonds is 1. The van der Waals surface area contributed by atoms with Crippen LogP contribution in [0.1, 0.15) is 23.6 Å². The molecule has 0 spiro atoms. The molecule has 1 N–H and O–H groups in total. The zero-order valence-electron chi connectivity index (χ0n) is 8.21. The third kappa shape index (κ3) is 1.55. The molecule has 1 heterocycles. The molecular weight excluding hydrogens is 174 g/mol. The van der Waals surface area contributed by atoms with Gasteiger partial charge in [0.25, 0.3) is 0 Å². The van der Waals surface area contributed by atoms with E-state index in [2.05, 4.69) is 43.1 Å². The summed E-state index contributed by atoms with van der Waals surface area (Å²) in [7, 11) is 0. The van der Waals surface area contributed by atoms with Crippen molar-refractivity contribution in [3.63, 3.8) is 0 Å². The van der Waals surface area contributed by atoms with Crippen LogP contribution in [0, 0.1) is 6.92 Å². The van der Waals surface area contributed by atoms with Gasteiger partial charge in [-0.3, -0.25) is 4.79 Å². The van der Waals surface area contributed by atoms with E-state index < -0.39 is 0 Å². The summed E-state index contributed by atoms with van der Waals surface area (Å²) in [6, 6.07) is 8.35. The van der Waals surface area contributed by atoms with Crippen molar-refractivity contribution in [1.82, 2.24) is 5.32 Å². The molecule has 0 aromatic heterocycles. The van der Waals surface area contributed by atoms with E-state index in [0.717, 1.165) is 12.0 Å². The zero-order chi connectivity index (χ0) is 10.1. The van der Waals surface area contributed by atoms with E-state index in [-0.39, 0.29) is 11.9 Å². The van der Waals surface area contributed by atoms with E-state index in [1.165, 1.54) is 5.56 Å². The standard InChI is InChI=1S/C12H13NO/c1-8-3-5-10(6-4-8)11-7-9(2)12(14)13-11/h3-6,11H,2,7H2,1H3,(H,13,14). The van der Waals surface area contributed by atoms with Crippen LogP contribution in [0.25, 0.3) is 0 Å². The molecule has 1 unspecified atom stereocenters. The predicted octanol–water partition coefficient (Wildman–Crippen LogP) is 2.11. The Balaban J connectivity index is 2.21. The van der Waals surface area contributed by atoms with Crippen molar-refractivity contribution in [3.8, 4) is 0 Å². The predicted molar refractivity (Wildman–Crippen MR) is 55.8 cm³/mol. The third-order valence-electron chi connectivity index (χ3n) is 2.56. The number of aryl methyl sites for hydroxylation is 1. The second-order valence-corrected chi connectivity index (χ2v) is 3.74. The molecule has 0 aliphatic carbocycles. The highest BCUT2D eigenvalue weighted by molar-refractivity contribution is 5.95. The summed E-state index contributed by atoms with van der Waals surface area (Å²) in [5.41, 5.74) is 3.06. The highest BCUT2D eigenvalue weighted by atomic mass is 16.2. The van der Waals surface area contributed by atoms with Gasteiger partial charge < -0.3 is 5.32 Å². The van der Waals surface area contributed by atoms with Crippen molar-refractivity contribution in [2.75, 3.05) is 0 Å². The van der Waals surface area contributed by atoms with E-state index >= 15 is 0 Å². The first-order valence-electron chi connectivity index (χ1n) is 4.72. The van der Waals surface area contributed by atoms with Gasteiger partial charge in [0.05, 0.1) is 6.04 Å².